The molecule has 1 atom stereocenters. The lowest BCUT2D eigenvalue weighted by molar-refractivity contribution is -0.179. The molecule has 2 heteroatoms. The fraction of sp³-hybridized carbons (Fsp3) is 1.00. The van der Waals surface area contributed by atoms with Crippen LogP contribution >= 0.6 is 22.6 Å². The molecule has 1 heterocycles. The Labute approximate surface area is 88.4 Å². The molecule has 2 rings (SSSR count). The fourth-order valence-electron chi connectivity index (χ4n) is 2.74. The molecule has 1 aliphatic heterocycles. The van der Waals surface area contributed by atoms with Crippen LogP contribution in [0.2, 0.25) is 0 Å². The first kappa shape index (κ1) is 9.25. The number of hydrogen-bond donors (Lipinski definition) is 0. The van der Waals surface area contributed by atoms with Gasteiger partial charge in [0, 0.05) is 4.43 Å². The summed E-state index contributed by atoms with van der Waals surface area (Å²) in [5.41, 5.74) is 0.341. The Hall–Kier alpha value is 0.690. The van der Waals surface area contributed by atoms with Gasteiger partial charge in [-0.3, -0.25) is 0 Å². The van der Waals surface area contributed by atoms with Gasteiger partial charge in [-0.05, 0) is 38.0 Å². The molecule has 70 valence electrons. The molecule has 2 aliphatic rings. The first-order valence-electron chi connectivity index (χ1n) is 4.98. The normalized spacial score (nSPS) is 47.5. The number of rotatable bonds is 1. The van der Waals surface area contributed by atoms with Crippen molar-refractivity contribution in [1.29, 1.82) is 0 Å². The van der Waals surface area contributed by atoms with Gasteiger partial charge in [-0.2, -0.15) is 0 Å². The van der Waals surface area contributed by atoms with Crippen LogP contribution < -0.4 is 0 Å². The molecule has 0 aromatic rings. The maximum atomic E-state index is 6.12. The highest BCUT2D eigenvalue weighted by atomic mass is 127. The minimum atomic E-state index is 0.341. The van der Waals surface area contributed by atoms with Gasteiger partial charge in [-0.25, -0.2) is 0 Å². The van der Waals surface area contributed by atoms with E-state index in [1.807, 2.05) is 0 Å². The van der Waals surface area contributed by atoms with Crippen LogP contribution in [0.3, 0.4) is 0 Å². The van der Waals surface area contributed by atoms with Gasteiger partial charge >= 0.3 is 0 Å². The lowest BCUT2D eigenvalue weighted by Gasteiger charge is -2.50. The first-order chi connectivity index (χ1) is 5.74. The summed E-state index contributed by atoms with van der Waals surface area (Å²) < 4.78 is 7.30. The summed E-state index contributed by atoms with van der Waals surface area (Å²) in [5.74, 6) is 0.915. The molecule has 0 aromatic heterocycles. The highest BCUT2D eigenvalue weighted by molar-refractivity contribution is 14.1. The van der Waals surface area contributed by atoms with Crippen LogP contribution in [0.1, 0.15) is 39.0 Å². The summed E-state index contributed by atoms with van der Waals surface area (Å²) in [6.07, 6.45) is 7.20. The molecule has 1 nitrogen and oxygen atoms in total. The van der Waals surface area contributed by atoms with Crippen molar-refractivity contribution in [2.24, 2.45) is 5.92 Å². The summed E-state index contributed by atoms with van der Waals surface area (Å²) in [5, 5.41) is 0. The molecule has 0 aromatic carbocycles. The van der Waals surface area contributed by atoms with Crippen LogP contribution in [-0.4, -0.2) is 16.1 Å². The molecule has 0 bridgehead atoms. The molecule has 12 heavy (non-hydrogen) atoms. The lowest BCUT2D eigenvalue weighted by atomic mass is 9.68. The molecule has 1 spiro atoms. The SMILES string of the molecule is CC1CC2(CCCC(CI)O2)C1. The molecule has 1 unspecified atom stereocenters. The van der Waals surface area contributed by atoms with Gasteiger partial charge in [0.1, 0.15) is 0 Å². The largest absolute Gasteiger partial charge is 0.371 e. The summed E-state index contributed by atoms with van der Waals surface area (Å²) in [6, 6.07) is 0. The molecule has 2 fully saturated rings. The second-order valence-corrected chi connectivity index (χ2v) is 5.36. The van der Waals surface area contributed by atoms with Crippen LogP contribution in [0.5, 0.6) is 0 Å². The molecule has 1 saturated heterocycles. The summed E-state index contributed by atoms with van der Waals surface area (Å²) in [4.78, 5) is 0. The molecule has 1 saturated carbocycles. The average Bonchev–Trinajstić information content (AvgIpc) is 2.02. The molecular formula is C10H17IO. The summed E-state index contributed by atoms with van der Waals surface area (Å²) in [7, 11) is 0. The van der Waals surface area contributed by atoms with E-state index in [2.05, 4.69) is 29.5 Å². The van der Waals surface area contributed by atoms with Crippen molar-refractivity contribution in [1.82, 2.24) is 0 Å². The predicted molar refractivity (Wildman–Crippen MR) is 58.7 cm³/mol. The molecule has 0 N–H and O–H groups in total. The van der Waals surface area contributed by atoms with Crippen molar-refractivity contribution < 1.29 is 4.74 Å². The monoisotopic (exact) mass is 280 g/mol. The molecule has 1 aliphatic carbocycles. The molecule has 0 radical (unpaired) electrons. The zero-order valence-electron chi connectivity index (χ0n) is 7.68. The Morgan fingerprint density at radius 3 is 2.83 bits per heavy atom. The second-order valence-electron chi connectivity index (χ2n) is 4.48. The number of halogens is 1. The smallest absolute Gasteiger partial charge is 0.0691 e. The van der Waals surface area contributed by atoms with Crippen LogP contribution in [0, 0.1) is 5.92 Å². The van der Waals surface area contributed by atoms with E-state index in [4.69, 9.17) is 4.74 Å². The van der Waals surface area contributed by atoms with E-state index in [9.17, 15) is 0 Å². The Morgan fingerprint density at radius 2 is 2.25 bits per heavy atom. The van der Waals surface area contributed by atoms with Crippen LogP contribution in [-0.2, 0) is 4.74 Å². The third-order valence-electron chi connectivity index (χ3n) is 3.19. The van der Waals surface area contributed by atoms with E-state index in [0.29, 0.717) is 11.7 Å². The van der Waals surface area contributed by atoms with Crippen molar-refractivity contribution in [3.63, 3.8) is 0 Å². The van der Waals surface area contributed by atoms with Crippen molar-refractivity contribution in [3.05, 3.63) is 0 Å². The van der Waals surface area contributed by atoms with E-state index >= 15 is 0 Å². The highest BCUT2D eigenvalue weighted by Crippen LogP contribution is 2.47. The second kappa shape index (κ2) is 3.45. The Kier molecular flexibility index (Phi) is 2.66. The minimum Gasteiger partial charge on any atom is -0.371 e. The Bertz CT molecular complexity index is 158. The quantitative estimate of drug-likeness (QED) is 0.529. The van der Waals surface area contributed by atoms with E-state index in [1.54, 1.807) is 0 Å². The van der Waals surface area contributed by atoms with E-state index < -0.39 is 0 Å². The lowest BCUT2D eigenvalue weighted by Crippen LogP contribution is -2.50. The summed E-state index contributed by atoms with van der Waals surface area (Å²) in [6.45, 7) is 2.34. The zero-order valence-corrected chi connectivity index (χ0v) is 9.84. The average molecular weight is 280 g/mol. The van der Waals surface area contributed by atoms with Gasteiger partial charge < -0.3 is 4.74 Å². The number of alkyl halides is 1. The van der Waals surface area contributed by atoms with E-state index in [1.165, 1.54) is 36.5 Å². The third kappa shape index (κ3) is 1.65. The predicted octanol–water partition coefficient (Wildman–Crippen LogP) is 3.16. The Morgan fingerprint density at radius 1 is 1.50 bits per heavy atom. The zero-order chi connectivity index (χ0) is 8.60. The standard InChI is InChI=1S/C10H17IO/c1-8-5-10(6-8)4-2-3-9(7-11)12-10/h8-9H,2-7H2,1H3. The van der Waals surface area contributed by atoms with Crippen LogP contribution in [0.25, 0.3) is 0 Å². The van der Waals surface area contributed by atoms with E-state index in [-0.39, 0.29) is 0 Å². The van der Waals surface area contributed by atoms with Crippen molar-refractivity contribution in [2.75, 3.05) is 4.43 Å². The van der Waals surface area contributed by atoms with Crippen LogP contribution in [0.4, 0.5) is 0 Å². The number of ether oxygens (including phenoxy) is 1. The maximum Gasteiger partial charge on any atom is 0.0691 e. The topological polar surface area (TPSA) is 9.23 Å². The number of hydrogen-bond acceptors (Lipinski definition) is 1. The fourth-order valence-corrected chi connectivity index (χ4v) is 3.36. The maximum absolute atomic E-state index is 6.12. The van der Waals surface area contributed by atoms with E-state index in [0.717, 1.165) is 5.92 Å². The molecular weight excluding hydrogens is 263 g/mol. The van der Waals surface area contributed by atoms with Gasteiger partial charge in [0.05, 0.1) is 11.7 Å². The Balaban J connectivity index is 1.91. The van der Waals surface area contributed by atoms with Crippen molar-refractivity contribution in [3.8, 4) is 0 Å². The van der Waals surface area contributed by atoms with Crippen molar-refractivity contribution in [2.45, 2.75) is 50.7 Å². The van der Waals surface area contributed by atoms with Crippen LogP contribution in [0.15, 0.2) is 0 Å². The van der Waals surface area contributed by atoms with Gasteiger partial charge in [0.15, 0.2) is 0 Å². The molecule has 0 amide bonds. The highest BCUT2D eigenvalue weighted by Gasteiger charge is 2.45. The third-order valence-corrected chi connectivity index (χ3v) is 4.17. The van der Waals surface area contributed by atoms with Gasteiger partial charge in [-0.1, -0.05) is 29.5 Å². The van der Waals surface area contributed by atoms with Gasteiger partial charge in [0.2, 0.25) is 0 Å². The first-order valence-corrected chi connectivity index (χ1v) is 6.50. The summed E-state index contributed by atoms with van der Waals surface area (Å²) >= 11 is 2.44. The minimum absolute atomic E-state index is 0.341. The van der Waals surface area contributed by atoms with Gasteiger partial charge in [-0.15, -0.1) is 0 Å². The van der Waals surface area contributed by atoms with Crippen molar-refractivity contribution >= 4 is 22.6 Å². The van der Waals surface area contributed by atoms with Gasteiger partial charge in [0.25, 0.3) is 0 Å².